The summed E-state index contributed by atoms with van der Waals surface area (Å²) in [6.07, 6.45) is 1.19. The summed E-state index contributed by atoms with van der Waals surface area (Å²) in [6, 6.07) is 18.9. The molecule has 0 unspecified atom stereocenters. The Morgan fingerprint density at radius 1 is 0.915 bits per heavy atom. The summed E-state index contributed by atoms with van der Waals surface area (Å²) >= 11 is 0. The van der Waals surface area contributed by atoms with Crippen LogP contribution in [0, 0.1) is 11.6 Å². The zero-order valence-corrected chi connectivity index (χ0v) is 27.1. The van der Waals surface area contributed by atoms with Crippen LogP contribution < -0.4 is 10.6 Å². The van der Waals surface area contributed by atoms with E-state index in [4.69, 9.17) is 4.74 Å². The number of nitrogens with one attached hydrogen (secondary N) is 2. The Bertz CT molecular complexity index is 1480. The summed E-state index contributed by atoms with van der Waals surface area (Å²) < 4.78 is 33.5. The molecule has 1 aliphatic heterocycles. The first-order valence-electron chi connectivity index (χ1n) is 15.9. The van der Waals surface area contributed by atoms with Crippen LogP contribution >= 0.6 is 0 Å². The van der Waals surface area contributed by atoms with Gasteiger partial charge in [-0.2, -0.15) is 0 Å². The van der Waals surface area contributed by atoms with Crippen molar-refractivity contribution >= 4 is 17.7 Å². The van der Waals surface area contributed by atoms with E-state index >= 15 is 0 Å². The van der Waals surface area contributed by atoms with Gasteiger partial charge in [0.25, 0.3) is 0 Å². The van der Waals surface area contributed by atoms with Gasteiger partial charge in [0.15, 0.2) is 11.6 Å². The van der Waals surface area contributed by atoms with Gasteiger partial charge in [0.05, 0.1) is 12.7 Å². The lowest BCUT2D eigenvalue weighted by atomic mass is 9.98. The number of benzene rings is 3. The number of aliphatic hydroxyl groups excluding tert-OH is 1. The largest absolute Gasteiger partial charge is 0.392 e. The molecule has 1 heterocycles. The molecule has 0 radical (unpaired) electrons. The molecular weight excluding hydrogens is 606 g/mol. The van der Waals surface area contributed by atoms with Crippen LogP contribution in [0.5, 0.6) is 0 Å². The smallest absolute Gasteiger partial charge is 0.249 e. The van der Waals surface area contributed by atoms with Gasteiger partial charge < -0.3 is 30.3 Å². The highest BCUT2D eigenvalue weighted by Gasteiger charge is 2.35. The van der Waals surface area contributed by atoms with E-state index in [1.807, 2.05) is 54.6 Å². The Balaban J connectivity index is 1.58. The fourth-order valence-corrected chi connectivity index (χ4v) is 5.59. The van der Waals surface area contributed by atoms with Crippen molar-refractivity contribution in [2.45, 2.75) is 56.8 Å². The summed E-state index contributed by atoms with van der Waals surface area (Å²) in [4.78, 5) is 43.6. The predicted octanol–water partition coefficient (Wildman–Crippen LogP) is 3.34. The number of nitrogens with zero attached hydrogens (tertiary/aromatic N) is 2. The summed E-state index contributed by atoms with van der Waals surface area (Å²) in [5.41, 5.74) is 3.12. The maximum Gasteiger partial charge on any atom is 0.249 e. The van der Waals surface area contributed by atoms with Crippen molar-refractivity contribution in [3.8, 4) is 11.1 Å². The number of amides is 3. The number of carbonyl (C=O) groups excluding carboxylic acids is 3. The van der Waals surface area contributed by atoms with Crippen molar-refractivity contribution in [1.29, 1.82) is 0 Å². The molecule has 3 N–H and O–H groups in total. The van der Waals surface area contributed by atoms with Crippen molar-refractivity contribution < 1.29 is 33.0 Å². The van der Waals surface area contributed by atoms with E-state index in [1.54, 1.807) is 0 Å². The maximum atomic E-state index is 14.3. The summed E-state index contributed by atoms with van der Waals surface area (Å²) in [5.74, 6) is -3.61. The summed E-state index contributed by atoms with van der Waals surface area (Å²) in [5, 5.41) is 15.7. The normalized spacial score (nSPS) is 16.3. The van der Waals surface area contributed by atoms with Crippen molar-refractivity contribution in [1.82, 2.24) is 20.4 Å². The third-order valence-corrected chi connectivity index (χ3v) is 8.45. The number of rotatable bonds is 15. The summed E-state index contributed by atoms with van der Waals surface area (Å²) in [7, 11) is 2.98. The highest BCUT2D eigenvalue weighted by molar-refractivity contribution is 5.92. The van der Waals surface area contributed by atoms with Crippen molar-refractivity contribution in [2.75, 3.05) is 40.4 Å². The third-order valence-electron chi connectivity index (χ3n) is 8.45. The van der Waals surface area contributed by atoms with Gasteiger partial charge in [-0.25, -0.2) is 8.78 Å². The monoisotopic (exact) mass is 650 g/mol. The molecule has 1 fully saturated rings. The molecule has 1 aliphatic rings. The molecule has 0 aromatic heterocycles. The minimum atomic E-state index is -1.15. The van der Waals surface area contributed by atoms with E-state index in [0.29, 0.717) is 12.2 Å². The van der Waals surface area contributed by atoms with Gasteiger partial charge in [0, 0.05) is 39.5 Å². The van der Waals surface area contributed by atoms with E-state index in [0.717, 1.165) is 48.2 Å². The second-order valence-corrected chi connectivity index (χ2v) is 12.1. The lowest BCUT2D eigenvalue weighted by Gasteiger charge is -2.34. The van der Waals surface area contributed by atoms with Crippen LogP contribution in [-0.2, 0) is 32.0 Å². The van der Waals surface area contributed by atoms with Gasteiger partial charge in [-0.1, -0.05) is 60.7 Å². The molecule has 1 saturated heterocycles. The minimum Gasteiger partial charge on any atom is -0.392 e. The molecule has 4 rings (SSSR count). The van der Waals surface area contributed by atoms with Crippen LogP contribution in [0.15, 0.2) is 72.8 Å². The van der Waals surface area contributed by atoms with Crippen LogP contribution in [0.1, 0.15) is 30.9 Å². The fourth-order valence-electron chi connectivity index (χ4n) is 5.59. The highest BCUT2D eigenvalue weighted by atomic mass is 19.2. The number of halogens is 2. The number of carbonyl (C=O) groups is 3. The number of likely N-dealkylation sites (N-methyl/N-ethyl adjacent to an activating group) is 2. The zero-order valence-electron chi connectivity index (χ0n) is 27.1. The Kier molecular flexibility index (Phi) is 13.0. The molecule has 0 aliphatic carbocycles. The second-order valence-electron chi connectivity index (χ2n) is 12.1. The van der Waals surface area contributed by atoms with E-state index in [-0.39, 0.29) is 32.0 Å². The maximum absolute atomic E-state index is 14.3. The molecule has 0 saturated carbocycles. The molecule has 252 valence electrons. The molecule has 4 atom stereocenters. The van der Waals surface area contributed by atoms with Crippen LogP contribution in [0.2, 0.25) is 0 Å². The lowest BCUT2D eigenvalue weighted by Crippen LogP contribution is -2.56. The van der Waals surface area contributed by atoms with E-state index < -0.39 is 47.5 Å². The highest BCUT2D eigenvalue weighted by Crippen LogP contribution is 2.22. The van der Waals surface area contributed by atoms with Gasteiger partial charge in [0.2, 0.25) is 17.7 Å². The Morgan fingerprint density at radius 2 is 1.57 bits per heavy atom. The molecule has 3 aromatic carbocycles. The van der Waals surface area contributed by atoms with Gasteiger partial charge >= 0.3 is 0 Å². The van der Waals surface area contributed by atoms with Crippen LogP contribution in [0.3, 0.4) is 0 Å². The number of aliphatic hydroxyl groups is 1. The Labute approximate surface area is 274 Å². The molecule has 47 heavy (non-hydrogen) atoms. The fraction of sp³-hybridized carbons (Fsp3) is 0.417. The molecule has 11 heteroatoms. The van der Waals surface area contributed by atoms with E-state index in [9.17, 15) is 28.3 Å². The van der Waals surface area contributed by atoms with E-state index in [1.165, 1.54) is 36.9 Å². The first-order valence-corrected chi connectivity index (χ1v) is 15.9. The van der Waals surface area contributed by atoms with Crippen LogP contribution in [0.25, 0.3) is 11.1 Å². The number of hydrogen-bond acceptors (Lipinski definition) is 6. The number of ether oxygens (including phenoxy) is 1. The zero-order chi connectivity index (χ0) is 33.9. The van der Waals surface area contributed by atoms with Gasteiger partial charge in [-0.15, -0.1) is 0 Å². The van der Waals surface area contributed by atoms with Crippen molar-refractivity contribution in [3.63, 3.8) is 0 Å². The molecule has 3 aromatic rings. The van der Waals surface area contributed by atoms with Crippen LogP contribution in [0.4, 0.5) is 8.78 Å². The quantitative estimate of drug-likeness (QED) is 0.233. The molecule has 9 nitrogen and oxygen atoms in total. The molecule has 3 amide bonds. The predicted molar refractivity (Wildman–Crippen MR) is 175 cm³/mol. The SMILES string of the molecule is C[C@@H](O)CNC(=O)[C@@H](Cc1ccc(F)c(F)c1)N(C)C(=O)[C@@H](Cc1ccc(-c2ccccc2)cc1)N(C)C(=O)COC[C@@H]1CCCN1. The van der Waals surface area contributed by atoms with Crippen LogP contribution in [-0.4, -0.2) is 97.3 Å². The second kappa shape index (κ2) is 17.1. The molecule has 0 bridgehead atoms. The Morgan fingerprint density at radius 3 is 2.21 bits per heavy atom. The van der Waals surface area contributed by atoms with E-state index in [2.05, 4.69) is 10.6 Å². The third kappa shape index (κ3) is 10.1. The molecule has 0 spiro atoms. The van der Waals surface area contributed by atoms with Crippen molar-refractivity contribution in [3.05, 3.63) is 95.6 Å². The lowest BCUT2D eigenvalue weighted by molar-refractivity contribution is -0.149. The first-order chi connectivity index (χ1) is 22.5. The number of hydrogen-bond donors (Lipinski definition) is 3. The van der Waals surface area contributed by atoms with Gasteiger partial charge in [-0.3, -0.25) is 14.4 Å². The average Bonchev–Trinajstić information content (AvgIpc) is 3.60. The average molecular weight is 651 g/mol. The summed E-state index contributed by atoms with van der Waals surface area (Å²) in [6.45, 7) is 2.49. The van der Waals surface area contributed by atoms with Gasteiger partial charge in [0.1, 0.15) is 18.7 Å². The Hall–Kier alpha value is -4.19. The van der Waals surface area contributed by atoms with Crippen molar-refractivity contribution in [2.24, 2.45) is 0 Å². The van der Waals surface area contributed by atoms with Gasteiger partial charge in [-0.05, 0) is 60.7 Å². The molecular formula is C36H44F2N4O5. The minimum absolute atomic E-state index is 0.0715. The topological polar surface area (TPSA) is 111 Å². The first kappa shape index (κ1) is 35.7. The standard InChI is InChI=1S/C36H44F2N4O5/c1-24(43)21-40-35(45)32(20-26-13-16-30(37)31(38)18-26)42(3)36(46)33(41(2)34(44)23-47-22-29-10-7-17-39-29)19-25-11-14-28(15-12-25)27-8-5-4-6-9-27/h4-6,8-9,11-16,18,24,29,32-33,39,43H,7,10,17,19-23H2,1-3H3,(H,40,45)/t24-,29+,32-,33-/m1/s1.